The van der Waals surface area contributed by atoms with Gasteiger partial charge in [0.15, 0.2) is 0 Å². The van der Waals surface area contributed by atoms with Gasteiger partial charge in [-0.25, -0.2) is 4.68 Å². The van der Waals surface area contributed by atoms with E-state index in [1.54, 1.807) is 23.3 Å². The minimum atomic E-state index is -0.328. The van der Waals surface area contributed by atoms with Gasteiger partial charge in [-0.2, -0.15) is 5.10 Å². The first-order chi connectivity index (χ1) is 14.7. The second-order valence-electron chi connectivity index (χ2n) is 7.20. The zero-order chi connectivity index (χ0) is 20.5. The van der Waals surface area contributed by atoms with Crippen LogP contribution in [0.2, 0.25) is 0 Å². The number of anilines is 2. The molecule has 0 radical (unpaired) electrons. The van der Waals surface area contributed by atoms with Crippen molar-refractivity contribution in [2.24, 2.45) is 5.73 Å². The number of benzene rings is 1. The molecule has 4 heterocycles. The molecule has 3 N–H and O–H groups in total. The monoisotopic (exact) mass is 420 g/mol. The molecular formula is C20H20N8OS. The average Bonchev–Trinajstić information content (AvgIpc) is 3.41. The number of aromatic nitrogens is 5. The van der Waals surface area contributed by atoms with Crippen LogP contribution in [0.15, 0.2) is 48.9 Å². The lowest BCUT2D eigenvalue weighted by Crippen LogP contribution is -2.43. The van der Waals surface area contributed by atoms with Crippen LogP contribution in [0.1, 0.15) is 22.6 Å². The Balaban J connectivity index is 1.38. The second kappa shape index (κ2) is 7.81. The highest BCUT2D eigenvalue weighted by atomic mass is 32.1. The Morgan fingerprint density at radius 3 is 3.00 bits per heavy atom. The number of hydrogen-bond donors (Lipinski definition) is 2. The molecular weight excluding hydrogens is 400 g/mol. The van der Waals surface area contributed by atoms with Crippen molar-refractivity contribution in [2.75, 3.05) is 23.3 Å². The third kappa shape index (κ3) is 3.51. The highest BCUT2D eigenvalue weighted by Gasteiger charge is 2.22. The maximum absolute atomic E-state index is 12.9. The summed E-state index contributed by atoms with van der Waals surface area (Å²) < 4.78 is 1.69. The molecule has 4 aromatic rings. The van der Waals surface area contributed by atoms with Crippen LogP contribution in [0, 0.1) is 0 Å². The van der Waals surface area contributed by atoms with Gasteiger partial charge in [0.25, 0.3) is 5.91 Å². The average molecular weight is 421 g/mol. The largest absolute Gasteiger partial charge is 0.368 e. The fourth-order valence-corrected chi connectivity index (χ4v) is 4.39. The number of nitrogens with one attached hydrogen (secondary N) is 1. The number of fused-ring (bicyclic) bond motifs is 1. The van der Waals surface area contributed by atoms with E-state index in [0.717, 1.165) is 42.5 Å². The maximum atomic E-state index is 12.9. The molecule has 3 aromatic heterocycles. The van der Waals surface area contributed by atoms with Gasteiger partial charge < -0.3 is 16.0 Å². The molecule has 1 aliphatic heterocycles. The summed E-state index contributed by atoms with van der Waals surface area (Å²) in [4.78, 5) is 19.2. The Morgan fingerprint density at radius 2 is 2.10 bits per heavy atom. The number of carbonyl (C=O) groups is 1. The van der Waals surface area contributed by atoms with Crippen LogP contribution < -0.4 is 16.0 Å². The second-order valence-corrected chi connectivity index (χ2v) is 8.16. The standard InChI is InChI=1S/C20H20N8OS/c21-14-5-3-9-27(12-14)17-7-8-22-11-15(17)24-18(29)19-25-26-20(30-19)28-16-6-2-1-4-13(16)10-23-28/h1-2,4,6-8,10-11,14H,3,5,9,12,21H2,(H,24,29)/t14-/m0/s1. The van der Waals surface area contributed by atoms with Crippen LogP contribution in [0.4, 0.5) is 11.4 Å². The molecule has 1 saturated heterocycles. The number of para-hydroxylation sites is 1. The van der Waals surface area contributed by atoms with Crippen LogP contribution >= 0.6 is 11.3 Å². The van der Waals surface area contributed by atoms with Crippen LogP contribution in [0.5, 0.6) is 0 Å². The summed E-state index contributed by atoms with van der Waals surface area (Å²) in [5, 5.41) is 17.3. The number of amides is 1. The van der Waals surface area contributed by atoms with Gasteiger partial charge >= 0.3 is 0 Å². The zero-order valence-corrected chi connectivity index (χ0v) is 16.9. The maximum Gasteiger partial charge on any atom is 0.286 e. The predicted molar refractivity (Wildman–Crippen MR) is 116 cm³/mol. The third-order valence-corrected chi connectivity index (χ3v) is 6.01. The summed E-state index contributed by atoms with van der Waals surface area (Å²) in [5.74, 6) is -0.328. The Hall–Kier alpha value is -3.37. The minimum Gasteiger partial charge on any atom is -0.368 e. The predicted octanol–water partition coefficient (Wildman–Crippen LogP) is 2.45. The quantitative estimate of drug-likeness (QED) is 0.521. The fourth-order valence-electron chi connectivity index (χ4n) is 3.68. The lowest BCUT2D eigenvalue weighted by molar-refractivity contribution is 0.102. The number of carbonyl (C=O) groups excluding carboxylic acids is 1. The van der Waals surface area contributed by atoms with E-state index in [1.807, 2.05) is 30.3 Å². The lowest BCUT2D eigenvalue weighted by atomic mass is 10.1. The molecule has 10 heteroatoms. The fraction of sp³-hybridized carbons (Fsp3) is 0.250. The van der Waals surface area contributed by atoms with Gasteiger partial charge in [-0.05, 0) is 25.0 Å². The Bertz CT molecular complexity index is 1200. The van der Waals surface area contributed by atoms with E-state index in [2.05, 4.69) is 30.5 Å². The summed E-state index contributed by atoms with van der Waals surface area (Å²) in [6, 6.07) is 9.85. The number of pyridine rings is 1. The first-order valence-corrected chi connectivity index (χ1v) is 10.5. The molecule has 1 aromatic carbocycles. The van der Waals surface area contributed by atoms with Gasteiger partial charge in [0, 0.05) is 30.7 Å². The molecule has 1 atom stereocenters. The number of rotatable bonds is 4. The van der Waals surface area contributed by atoms with Crippen molar-refractivity contribution < 1.29 is 4.79 Å². The molecule has 1 fully saturated rings. The molecule has 0 aliphatic carbocycles. The van der Waals surface area contributed by atoms with Crippen molar-refractivity contribution in [2.45, 2.75) is 18.9 Å². The van der Waals surface area contributed by atoms with E-state index in [1.165, 1.54) is 11.3 Å². The molecule has 0 bridgehead atoms. The van der Waals surface area contributed by atoms with E-state index in [-0.39, 0.29) is 17.0 Å². The lowest BCUT2D eigenvalue weighted by Gasteiger charge is -2.33. The molecule has 1 aliphatic rings. The van der Waals surface area contributed by atoms with Crippen LogP contribution in [0.3, 0.4) is 0 Å². The minimum absolute atomic E-state index is 0.130. The SMILES string of the molecule is N[C@H]1CCCN(c2ccncc2NC(=O)c2nnc(-n3ncc4ccccc43)s2)C1. The van der Waals surface area contributed by atoms with Crippen molar-refractivity contribution in [1.29, 1.82) is 0 Å². The third-order valence-electron chi connectivity index (χ3n) is 5.11. The summed E-state index contributed by atoms with van der Waals surface area (Å²) in [7, 11) is 0. The van der Waals surface area contributed by atoms with Crippen LogP contribution in [0.25, 0.3) is 16.0 Å². The van der Waals surface area contributed by atoms with Gasteiger partial charge in [-0.1, -0.05) is 29.5 Å². The van der Waals surface area contributed by atoms with Crippen molar-refractivity contribution >= 4 is 39.5 Å². The highest BCUT2D eigenvalue weighted by Crippen LogP contribution is 2.28. The topological polar surface area (TPSA) is 115 Å². The molecule has 30 heavy (non-hydrogen) atoms. The summed E-state index contributed by atoms with van der Waals surface area (Å²) in [6.07, 6.45) is 7.17. The van der Waals surface area contributed by atoms with Crippen molar-refractivity contribution in [1.82, 2.24) is 25.0 Å². The van der Waals surface area contributed by atoms with Crippen molar-refractivity contribution in [3.8, 4) is 5.13 Å². The zero-order valence-electron chi connectivity index (χ0n) is 16.1. The van der Waals surface area contributed by atoms with Gasteiger partial charge in [0.2, 0.25) is 10.1 Å². The normalized spacial score (nSPS) is 16.7. The van der Waals surface area contributed by atoms with Gasteiger partial charge in [0.1, 0.15) is 0 Å². The molecule has 5 rings (SSSR count). The van der Waals surface area contributed by atoms with E-state index in [0.29, 0.717) is 10.8 Å². The molecule has 152 valence electrons. The number of nitrogens with zero attached hydrogens (tertiary/aromatic N) is 6. The van der Waals surface area contributed by atoms with Gasteiger partial charge in [-0.3, -0.25) is 9.78 Å². The van der Waals surface area contributed by atoms with Crippen LogP contribution in [-0.4, -0.2) is 50.0 Å². The summed E-state index contributed by atoms with van der Waals surface area (Å²) in [5.41, 5.74) is 8.59. The van der Waals surface area contributed by atoms with E-state index < -0.39 is 0 Å². The summed E-state index contributed by atoms with van der Waals surface area (Å²) >= 11 is 1.19. The first kappa shape index (κ1) is 18.6. The smallest absolute Gasteiger partial charge is 0.286 e. The van der Waals surface area contributed by atoms with E-state index in [4.69, 9.17) is 5.73 Å². The molecule has 9 nitrogen and oxygen atoms in total. The highest BCUT2D eigenvalue weighted by molar-refractivity contribution is 7.15. The van der Waals surface area contributed by atoms with Gasteiger partial charge in [0.05, 0.1) is 29.3 Å². The summed E-state index contributed by atoms with van der Waals surface area (Å²) in [6.45, 7) is 1.65. The molecule has 0 spiro atoms. The Morgan fingerprint density at radius 1 is 1.20 bits per heavy atom. The molecule has 0 saturated carbocycles. The van der Waals surface area contributed by atoms with Crippen molar-refractivity contribution in [3.05, 3.63) is 53.9 Å². The first-order valence-electron chi connectivity index (χ1n) is 9.71. The Labute approximate surface area is 176 Å². The molecule has 1 amide bonds. The Kier molecular flexibility index (Phi) is 4.85. The number of piperidine rings is 1. The van der Waals surface area contributed by atoms with Crippen molar-refractivity contribution in [3.63, 3.8) is 0 Å². The van der Waals surface area contributed by atoms with Crippen LogP contribution in [-0.2, 0) is 0 Å². The van der Waals surface area contributed by atoms with E-state index in [9.17, 15) is 4.79 Å². The number of hydrogen-bond acceptors (Lipinski definition) is 8. The molecule has 0 unspecified atom stereocenters. The van der Waals surface area contributed by atoms with Gasteiger partial charge in [-0.15, -0.1) is 10.2 Å². The van der Waals surface area contributed by atoms with E-state index >= 15 is 0 Å². The number of nitrogens with two attached hydrogens (primary N) is 1.